The van der Waals surface area contributed by atoms with E-state index in [1.54, 1.807) is 0 Å². The van der Waals surface area contributed by atoms with E-state index >= 15 is 0 Å². The zero-order valence-corrected chi connectivity index (χ0v) is 14.9. The fourth-order valence-corrected chi connectivity index (χ4v) is 4.12. The first-order chi connectivity index (χ1) is 9.82. The maximum Gasteiger partial charge on any atom is 0.211 e. The van der Waals surface area contributed by atoms with E-state index in [9.17, 15) is 8.42 Å². The summed E-state index contributed by atoms with van der Waals surface area (Å²) in [6.07, 6.45) is 4.24. The van der Waals surface area contributed by atoms with Gasteiger partial charge in [0.2, 0.25) is 10.0 Å². The molecule has 6 heteroatoms. The van der Waals surface area contributed by atoms with Crippen LogP contribution in [0.3, 0.4) is 0 Å². The van der Waals surface area contributed by atoms with Crippen LogP contribution in [0.15, 0.2) is 0 Å². The van der Waals surface area contributed by atoms with Crippen LogP contribution in [0.2, 0.25) is 0 Å². The Hall–Kier alpha value is -0.170. The third-order valence-electron chi connectivity index (χ3n) is 4.17. The van der Waals surface area contributed by atoms with Crippen molar-refractivity contribution in [2.24, 2.45) is 0 Å². The van der Waals surface area contributed by atoms with E-state index in [1.165, 1.54) is 12.8 Å². The van der Waals surface area contributed by atoms with Gasteiger partial charge in [-0.1, -0.05) is 6.42 Å². The molecule has 1 atom stereocenters. The lowest BCUT2D eigenvalue weighted by atomic mass is 10.0. The van der Waals surface area contributed by atoms with Crippen molar-refractivity contribution < 1.29 is 8.42 Å². The number of hydrogen-bond donors (Lipinski definition) is 2. The van der Waals surface area contributed by atoms with Crippen LogP contribution >= 0.6 is 0 Å². The monoisotopic (exact) mass is 319 g/mol. The molecule has 0 aromatic carbocycles. The lowest BCUT2D eigenvalue weighted by molar-refractivity contribution is 0.179. The van der Waals surface area contributed by atoms with Gasteiger partial charge in [0.15, 0.2) is 0 Å². The summed E-state index contributed by atoms with van der Waals surface area (Å²) >= 11 is 0. The molecule has 0 bridgehead atoms. The molecule has 0 saturated carbocycles. The lowest BCUT2D eigenvalue weighted by Gasteiger charge is -2.30. The molecule has 1 heterocycles. The number of piperidine rings is 1. The number of nitrogens with zero attached hydrogens (tertiary/aromatic N) is 1. The summed E-state index contributed by atoms with van der Waals surface area (Å²) in [5, 5.41) is 3.40. The van der Waals surface area contributed by atoms with Crippen LogP contribution in [-0.4, -0.2) is 56.8 Å². The second-order valence-electron chi connectivity index (χ2n) is 6.57. The van der Waals surface area contributed by atoms with Crippen LogP contribution < -0.4 is 10.0 Å². The fraction of sp³-hybridized carbons (Fsp3) is 1.00. The smallest absolute Gasteiger partial charge is 0.211 e. The van der Waals surface area contributed by atoms with Crippen molar-refractivity contribution >= 4 is 10.0 Å². The normalized spacial score (nSPS) is 20.6. The van der Waals surface area contributed by atoms with Gasteiger partial charge in [0, 0.05) is 31.2 Å². The Morgan fingerprint density at radius 1 is 1.19 bits per heavy atom. The molecule has 0 aliphatic carbocycles. The van der Waals surface area contributed by atoms with Gasteiger partial charge in [0.05, 0.1) is 5.75 Å². The topological polar surface area (TPSA) is 61.4 Å². The number of hydrogen-bond acceptors (Lipinski definition) is 4. The number of rotatable bonds is 9. The van der Waals surface area contributed by atoms with Crippen LogP contribution in [0.25, 0.3) is 0 Å². The molecular formula is C15H33N3O2S. The van der Waals surface area contributed by atoms with Crippen LogP contribution in [0.4, 0.5) is 0 Å². The van der Waals surface area contributed by atoms with E-state index in [0.717, 1.165) is 19.5 Å². The van der Waals surface area contributed by atoms with Gasteiger partial charge in [-0.2, -0.15) is 0 Å². The molecule has 5 nitrogen and oxygen atoms in total. The van der Waals surface area contributed by atoms with Crippen LogP contribution in [0, 0.1) is 0 Å². The summed E-state index contributed by atoms with van der Waals surface area (Å²) in [6.45, 7) is 10.8. The second kappa shape index (κ2) is 9.08. The van der Waals surface area contributed by atoms with Crippen molar-refractivity contribution in [1.82, 2.24) is 14.9 Å². The molecule has 2 N–H and O–H groups in total. The molecule has 1 unspecified atom stereocenters. The average Bonchev–Trinajstić information content (AvgIpc) is 2.42. The second-order valence-corrected chi connectivity index (χ2v) is 8.50. The Morgan fingerprint density at radius 3 is 2.38 bits per heavy atom. The predicted octanol–water partition coefficient (Wildman–Crippen LogP) is 1.56. The van der Waals surface area contributed by atoms with E-state index in [2.05, 4.69) is 42.6 Å². The summed E-state index contributed by atoms with van der Waals surface area (Å²) < 4.78 is 26.8. The molecule has 126 valence electrons. The molecule has 1 aliphatic heterocycles. The predicted molar refractivity (Wildman–Crippen MR) is 89.0 cm³/mol. The first-order valence-electron chi connectivity index (χ1n) is 8.28. The van der Waals surface area contributed by atoms with Gasteiger partial charge in [0.25, 0.3) is 0 Å². The number of nitrogens with one attached hydrogen (secondary N) is 2. The molecule has 1 fully saturated rings. The van der Waals surface area contributed by atoms with Gasteiger partial charge in [-0.15, -0.1) is 0 Å². The van der Waals surface area contributed by atoms with Crippen molar-refractivity contribution in [1.29, 1.82) is 0 Å². The van der Waals surface area contributed by atoms with Gasteiger partial charge >= 0.3 is 0 Å². The van der Waals surface area contributed by atoms with Gasteiger partial charge in [-0.3, -0.25) is 4.90 Å². The zero-order valence-electron chi connectivity index (χ0n) is 14.1. The molecule has 21 heavy (non-hydrogen) atoms. The summed E-state index contributed by atoms with van der Waals surface area (Å²) in [4.78, 5) is 2.30. The van der Waals surface area contributed by atoms with Gasteiger partial charge in [-0.05, 0) is 53.5 Å². The van der Waals surface area contributed by atoms with Crippen molar-refractivity contribution in [3.63, 3.8) is 0 Å². The van der Waals surface area contributed by atoms with E-state index < -0.39 is 10.0 Å². The van der Waals surface area contributed by atoms with Crippen molar-refractivity contribution in [2.75, 3.05) is 25.4 Å². The maximum atomic E-state index is 12.0. The van der Waals surface area contributed by atoms with Crippen LogP contribution in [0.1, 0.15) is 53.4 Å². The molecule has 1 rings (SSSR count). The molecule has 1 aliphatic rings. The van der Waals surface area contributed by atoms with Gasteiger partial charge in [-0.25, -0.2) is 13.1 Å². The Morgan fingerprint density at radius 2 is 1.86 bits per heavy atom. The first-order valence-corrected chi connectivity index (χ1v) is 9.93. The standard InChI is InChI=1S/C15H33N3O2S/c1-13(2)18(14(3)4)11-10-17-21(19,20)12-8-15-7-5-6-9-16-15/h13-17H,5-12H2,1-4H3. The van der Waals surface area contributed by atoms with E-state index in [-0.39, 0.29) is 5.75 Å². The minimum atomic E-state index is -3.14. The van der Waals surface area contributed by atoms with E-state index in [0.29, 0.717) is 31.1 Å². The Bertz CT molecular complexity index is 368. The average molecular weight is 320 g/mol. The highest BCUT2D eigenvalue weighted by molar-refractivity contribution is 7.89. The molecular weight excluding hydrogens is 286 g/mol. The Kier molecular flexibility index (Phi) is 8.16. The molecule has 1 saturated heterocycles. The van der Waals surface area contributed by atoms with Crippen molar-refractivity contribution in [3.05, 3.63) is 0 Å². The largest absolute Gasteiger partial charge is 0.314 e. The minimum absolute atomic E-state index is 0.230. The molecule has 0 aromatic heterocycles. The SMILES string of the molecule is CC(C)N(CCNS(=O)(=O)CCC1CCCCN1)C(C)C. The number of sulfonamides is 1. The zero-order chi connectivity index (χ0) is 15.9. The Labute approximate surface area is 130 Å². The summed E-state index contributed by atoms with van der Waals surface area (Å²) in [6, 6.07) is 1.24. The summed E-state index contributed by atoms with van der Waals surface area (Å²) in [5.74, 6) is 0.230. The Balaban J connectivity index is 2.28. The molecule has 0 aromatic rings. The minimum Gasteiger partial charge on any atom is -0.314 e. The molecule has 0 spiro atoms. The third kappa shape index (κ3) is 7.58. The van der Waals surface area contributed by atoms with Gasteiger partial charge in [0.1, 0.15) is 0 Å². The fourth-order valence-electron chi connectivity index (χ4n) is 2.98. The van der Waals surface area contributed by atoms with Gasteiger partial charge < -0.3 is 5.32 Å². The molecule has 0 radical (unpaired) electrons. The van der Waals surface area contributed by atoms with Crippen molar-refractivity contribution in [3.8, 4) is 0 Å². The maximum absolute atomic E-state index is 12.0. The van der Waals surface area contributed by atoms with Crippen LogP contribution in [-0.2, 0) is 10.0 Å². The highest BCUT2D eigenvalue weighted by atomic mass is 32.2. The highest BCUT2D eigenvalue weighted by Crippen LogP contribution is 2.10. The summed E-state index contributed by atoms with van der Waals surface area (Å²) in [7, 11) is -3.14. The quantitative estimate of drug-likeness (QED) is 0.677. The molecule has 0 amide bonds. The lowest BCUT2D eigenvalue weighted by Crippen LogP contribution is -2.43. The first kappa shape index (κ1) is 18.9. The third-order valence-corrected chi connectivity index (χ3v) is 5.58. The van der Waals surface area contributed by atoms with Crippen LogP contribution in [0.5, 0.6) is 0 Å². The van der Waals surface area contributed by atoms with E-state index in [1.807, 2.05) is 0 Å². The van der Waals surface area contributed by atoms with Crippen molar-refractivity contribution in [2.45, 2.75) is 71.5 Å². The summed E-state index contributed by atoms with van der Waals surface area (Å²) in [5.41, 5.74) is 0. The van der Waals surface area contributed by atoms with E-state index in [4.69, 9.17) is 0 Å². The highest BCUT2D eigenvalue weighted by Gasteiger charge is 2.18.